The molecule has 0 saturated carbocycles. The summed E-state index contributed by atoms with van der Waals surface area (Å²) in [5, 5.41) is 12.9. The number of allylic oxidation sites excluding steroid dienone is 1. The Hall–Kier alpha value is -2.26. The predicted octanol–water partition coefficient (Wildman–Crippen LogP) is 5.80. The molecule has 0 amide bonds. The molecule has 0 bridgehead atoms. The Kier molecular flexibility index (Phi) is 5.14. The van der Waals surface area contributed by atoms with E-state index in [4.69, 9.17) is 27.6 Å². The summed E-state index contributed by atoms with van der Waals surface area (Å²) < 4.78 is 5.89. The highest BCUT2D eigenvalue weighted by Crippen LogP contribution is 2.35. The smallest absolute Gasteiger partial charge is 0.154 e. The number of hydrogen-bond donors (Lipinski definition) is 0. The molecule has 7 heteroatoms. The highest BCUT2D eigenvalue weighted by molar-refractivity contribution is 7.11. The van der Waals surface area contributed by atoms with Crippen LogP contribution in [0.1, 0.15) is 5.01 Å². The Morgan fingerprint density at radius 2 is 2.00 bits per heavy atom. The van der Waals surface area contributed by atoms with Crippen molar-refractivity contribution in [3.8, 4) is 28.8 Å². The molecule has 3 rings (SSSR count). The topological polar surface area (TPSA) is 53.1 Å². The molecule has 0 unspecified atom stereocenters. The van der Waals surface area contributed by atoms with Crippen LogP contribution in [0.3, 0.4) is 0 Å². The zero-order valence-electron chi connectivity index (χ0n) is 13.5. The number of hydrogen-bond acceptors (Lipinski definition) is 5. The van der Waals surface area contributed by atoms with Crippen molar-refractivity contribution in [2.45, 2.75) is 0 Å². The first-order valence-corrected chi connectivity index (χ1v) is 8.91. The third-order valence-corrected chi connectivity index (χ3v) is 4.72. The van der Waals surface area contributed by atoms with Gasteiger partial charge in [0.05, 0.1) is 5.02 Å². The van der Waals surface area contributed by atoms with Crippen LogP contribution in [0, 0.1) is 11.3 Å². The van der Waals surface area contributed by atoms with Crippen LogP contribution in [0.25, 0.3) is 28.4 Å². The largest absolute Gasteiger partial charge is 0.454 e. The number of nitriles is 1. The summed E-state index contributed by atoms with van der Waals surface area (Å²) in [5.41, 5.74) is 1.95. The lowest BCUT2D eigenvalue weighted by molar-refractivity contribution is 0.566. The Morgan fingerprint density at radius 1 is 1.24 bits per heavy atom. The van der Waals surface area contributed by atoms with Crippen LogP contribution in [-0.2, 0) is 0 Å². The van der Waals surface area contributed by atoms with Crippen LogP contribution in [0.2, 0.25) is 10.0 Å². The van der Waals surface area contributed by atoms with Crippen molar-refractivity contribution >= 4 is 40.1 Å². The van der Waals surface area contributed by atoms with E-state index in [0.717, 1.165) is 5.56 Å². The van der Waals surface area contributed by atoms with Gasteiger partial charge in [0.25, 0.3) is 0 Å². The number of halogens is 2. The van der Waals surface area contributed by atoms with E-state index in [1.807, 2.05) is 42.6 Å². The maximum Gasteiger partial charge on any atom is 0.154 e. The highest BCUT2D eigenvalue weighted by atomic mass is 35.5. The van der Waals surface area contributed by atoms with Gasteiger partial charge in [0.2, 0.25) is 0 Å². The molecular weight excluding hydrogens is 377 g/mol. The number of benzene rings is 1. The van der Waals surface area contributed by atoms with E-state index in [1.165, 1.54) is 11.3 Å². The molecular formula is C18H13Cl2N3OS. The first-order valence-electron chi connectivity index (χ1n) is 7.28. The molecule has 3 aromatic rings. The number of thiazole rings is 1. The summed E-state index contributed by atoms with van der Waals surface area (Å²) in [6, 6.07) is 11.1. The standard InChI is InChI=1S/C18H13Cl2N3OS/c1-23(2)9-11(8-21)18-22-15(10-25-18)17-6-5-16(24-17)13-4-3-12(19)7-14(13)20/h3-7,9-10H,1-2H3/b11-9+. The SMILES string of the molecule is CN(C)/C=C(\C#N)c1nc(-c2ccc(-c3ccc(Cl)cc3Cl)o2)cs1. The molecule has 0 fully saturated rings. The lowest BCUT2D eigenvalue weighted by Gasteiger charge is -2.04. The first kappa shape index (κ1) is 17.6. The molecule has 25 heavy (non-hydrogen) atoms. The van der Waals surface area contributed by atoms with E-state index in [0.29, 0.717) is 37.8 Å². The van der Waals surface area contributed by atoms with Crippen molar-refractivity contribution < 1.29 is 4.42 Å². The van der Waals surface area contributed by atoms with Gasteiger partial charge in [-0.05, 0) is 30.3 Å². The predicted molar refractivity (Wildman–Crippen MR) is 103 cm³/mol. The zero-order chi connectivity index (χ0) is 18.0. The minimum absolute atomic E-state index is 0.508. The molecule has 0 atom stereocenters. The van der Waals surface area contributed by atoms with Gasteiger partial charge in [-0.25, -0.2) is 4.98 Å². The van der Waals surface area contributed by atoms with Crippen molar-refractivity contribution in [1.29, 1.82) is 5.26 Å². The third kappa shape index (κ3) is 3.88. The van der Waals surface area contributed by atoms with Crippen LogP contribution in [0.15, 0.2) is 46.3 Å². The normalized spacial score (nSPS) is 11.4. The van der Waals surface area contributed by atoms with Crippen molar-refractivity contribution in [1.82, 2.24) is 9.88 Å². The number of nitrogens with zero attached hydrogens (tertiary/aromatic N) is 3. The van der Waals surface area contributed by atoms with Crippen molar-refractivity contribution in [3.05, 3.63) is 57.0 Å². The van der Waals surface area contributed by atoms with E-state index in [-0.39, 0.29) is 0 Å². The molecule has 126 valence electrons. The van der Waals surface area contributed by atoms with Crippen LogP contribution in [0.4, 0.5) is 0 Å². The molecule has 0 aliphatic carbocycles. The monoisotopic (exact) mass is 389 g/mol. The van der Waals surface area contributed by atoms with Crippen LogP contribution < -0.4 is 0 Å². The minimum atomic E-state index is 0.508. The van der Waals surface area contributed by atoms with E-state index in [2.05, 4.69) is 11.1 Å². The van der Waals surface area contributed by atoms with Crippen molar-refractivity contribution in [2.24, 2.45) is 0 Å². The van der Waals surface area contributed by atoms with Crippen molar-refractivity contribution in [3.63, 3.8) is 0 Å². The maximum atomic E-state index is 9.29. The minimum Gasteiger partial charge on any atom is -0.454 e. The summed E-state index contributed by atoms with van der Waals surface area (Å²) >= 11 is 13.6. The van der Waals surface area contributed by atoms with Crippen LogP contribution >= 0.6 is 34.5 Å². The fourth-order valence-electron chi connectivity index (χ4n) is 2.21. The fourth-order valence-corrected chi connectivity index (χ4v) is 3.48. The molecule has 2 heterocycles. The van der Waals surface area contributed by atoms with E-state index < -0.39 is 0 Å². The number of furan rings is 1. The molecule has 2 aromatic heterocycles. The maximum absolute atomic E-state index is 9.29. The van der Waals surface area contributed by atoms with Gasteiger partial charge < -0.3 is 9.32 Å². The number of aromatic nitrogens is 1. The summed E-state index contributed by atoms with van der Waals surface area (Å²) in [6.45, 7) is 0. The lowest BCUT2D eigenvalue weighted by Crippen LogP contribution is -2.02. The zero-order valence-corrected chi connectivity index (χ0v) is 15.8. The van der Waals surface area contributed by atoms with Gasteiger partial charge >= 0.3 is 0 Å². The van der Waals surface area contributed by atoms with Gasteiger partial charge in [0.15, 0.2) is 5.76 Å². The average Bonchev–Trinajstić information content (AvgIpc) is 3.21. The first-order chi connectivity index (χ1) is 12.0. The molecule has 0 N–H and O–H groups in total. The number of rotatable bonds is 4. The van der Waals surface area contributed by atoms with Gasteiger partial charge in [0, 0.05) is 36.3 Å². The molecule has 1 aromatic carbocycles. The second-order valence-corrected chi connectivity index (χ2v) is 7.15. The Bertz CT molecular complexity index is 982. The van der Waals surface area contributed by atoms with Gasteiger partial charge in [-0.2, -0.15) is 5.26 Å². The second kappa shape index (κ2) is 7.32. The van der Waals surface area contributed by atoms with Crippen LogP contribution in [-0.4, -0.2) is 24.0 Å². The Labute approximate surface area is 159 Å². The van der Waals surface area contributed by atoms with Gasteiger partial charge in [0.1, 0.15) is 28.1 Å². The summed E-state index contributed by atoms with van der Waals surface area (Å²) in [6.07, 6.45) is 1.74. The second-order valence-electron chi connectivity index (χ2n) is 5.44. The van der Waals surface area contributed by atoms with E-state index >= 15 is 0 Å². The lowest BCUT2D eigenvalue weighted by atomic mass is 10.2. The Balaban J connectivity index is 1.92. The molecule has 0 aliphatic rings. The molecule has 4 nitrogen and oxygen atoms in total. The fraction of sp³-hybridized carbons (Fsp3) is 0.111. The van der Waals surface area contributed by atoms with E-state index in [9.17, 15) is 5.26 Å². The van der Waals surface area contributed by atoms with Crippen molar-refractivity contribution in [2.75, 3.05) is 14.1 Å². The summed E-state index contributed by atoms with van der Waals surface area (Å²) in [4.78, 5) is 6.31. The summed E-state index contributed by atoms with van der Waals surface area (Å²) in [5.74, 6) is 1.25. The molecule has 0 spiro atoms. The van der Waals surface area contributed by atoms with Gasteiger partial charge in [-0.3, -0.25) is 0 Å². The molecule has 0 saturated heterocycles. The van der Waals surface area contributed by atoms with Gasteiger partial charge in [-0.15, -0.1) is 11.3 Å². The quantitative estimate of drug-likeness (QED) is 0.528. The third-order valence-electron chi connectivity index (χ3n) is 3.30. The van der Waals surface area contributed by atoms with Crippen LogP contribution in [0.5, 0.6) is 0 Å². The molecule has 0 radical (unpaired) electrons. The van der Waals surface area contributed by atoms with E-state index in [1.54, 1.807) is 18.3 Å². The Morgan fingerprint density at radius 3 is 2.68 bits per heavy atom. The van der Waals surface area contributed by atoms with Gasteiger partial charge in [-0.1, -0.05) is 23.2 Å². The summed E-state index contributed by atoms with van der Waals surface area (Å²) in [7, 11) is 3.72. The average molecular weight is 390 g/mol. The molecule has 0 aliphatic heterocycles. The highest BCUT2D eigenvalue weighted by Gasteiger charge is 2.14.